The molecule has 0 rings (SSSR count). The average Bonchev–Trinajstić information content (AvgIpc) is 3.26. The van der Waals surface area contributed by atoms with Gasteiger partial charge in [-0.15, -0.1) is 0 Å². The predicted molar refractivity (Wildman–Crippen MR) is 266 cm³/mol. The second-order valence-electron chi connectivity index (χ2n) is 16.4. The van der Waals surface area contributed by atoms with E-state index in [0.29, 0.717) is 54.6 Å². The highest BCUT2D eigenvalue weighted by Gasteiger charge is 2.43. The molecule has 2 amide bonds. The van der Waals surface area contributed by atoms with E-state index >= 15 is 0 Å². The Morgan fingerprint density at radius 2 is 0.781 bits per heavy atom. The fraction of sp³-hybridized carbons (Fsp3) is 0.867. The number of rotatable bonds is 42. The molecule has 0 radical (unpaired) electrons. The third-order valence-corrected chi connectivity index (χ3v) is 11.4. The van der Waals surface area contributed by atoms with Gasteiger partial charge >= 0.3 is 12.1 Å². The van der Waals surface area contributed by atoms with Gasteiger partial charge in [0, 0.05) is 65.2 Å². The monoisotopic (exact) mass is 971 g/mol. The van der Waals surface area contributed by atoms with Crippen LogP contribution in [0.4, 0.5) is 13.2 Å². The number of nitrogens with one attached hydrogen (secondary N) is 7. The van der Waals surface area contributed by atoms with Gasteiger partial charge in [-0.25, -0.2) is 4.79 Å². The Balaban J connectivity index is 4.22. The summed E-state index contributed by atoms with van der Waals surface area (Å²) in [5.74, 6) is -2.33. The van der Waals surface area contributed by atoms with Crippen molar-refractivity contribution in [3.8, 4) is 0 Å². The van der Waals surface area contributed by atoms with Crippen LogP contribution in [-0.4, -0.2) is 110 Å². The van der Waals surface area contributed by atoms with Crippen LogP contribution in [0.5, 0.6) is 0 Å². The number of nitrogens with zero attached hydrogens (tertiary/aromatic N) is 1. The zero-order valence-corrected chi connectivity index (χ0v) is 41.9. The lowest BCUT2D eigenvalue weighted by Crippen LogP contribution is -2.86. The standard InChI is InChI=1S/C45H86F3N9O4S3/c1-3-5-7-9-11-13-15-17-19-21-23-25-37-57(38-26-24-22-20-18-16-14-12-10-8-6-4-2)40(59)28-27-39(58)49-29-30-50-42(62)51-31-32-52-43(63)53-33-34-54-44(64)55-35-36-56-61-41(60)45(46,47)48/h56H,3-38H2,1-2H3,(H,49,58)(H2,50,51,62)(H2,52,53,63)(H2,54,55,64)/p+1. The summed E-state index contributed by atoms with van der Waals surface area (Å²) in [5.41, 5.74) is 0.773. The van der Waals surface area contributed by atoms with Gasteiger partial charge in [0.05, 0.1) is 6.54 Å². The average molecular weight is 971 g/mol. The summed E-state index contributed by atoms with van der Waals surface area (Å²) in [5, 5.41) is 22.0. The van der Waals surface area contributed by atoms with Crippen LogP contribution in [0.1, 0.15) is 181 Å². The Kier molecular flexibility index (Phi) is 42.2. The van der Waals surface area contributed by atoms with Crippen LogP contribution in [0.15, 0.2) is 0 Å². The first-order chi connectivity index (χ1) is 30.9. The third-order valence-electron chi connectivity index (χ3n) is 10.6. The molecule has 0 aliphatic heterocycles. The van der Waals surface area contributed by atoms with Gasteiger partial charge < -0.3 is 42.1 Å². The second kappa shape index (κ2) is 44.1. The van der Waals surface area contributed by atoms with Crippen LogP contribution in [0.25, 0.3) is 0 Å². The van der Waals surface area contributed by atoms with Crippen LogP contribution in [0.2, 0.25) is 0 Å². The number of thiocarbonyl (C=S) groups is 3. The fourth-order valence-electron chi connectivity index (χ4n) is 6.83. The van der Waals surface area contributed by atoms with E-state index in [4.69, 9.17) is 36.7 Å². The molecular weight excluding hydrogens is 884 g/mol. The molecule has 0 spiro atoms. The molecule has 0 aliphatic rings. The molecule has 0 aromatic rings. The van der Waals surface area contributed by atoms with Gasteiger partial charge in [-0.05, 0) is 49.5 Å². The van der Waals surface area contributed by atoms with Crippen LogP contribution in [0, 0.1) is 0 Å². The van der Waals surface area contributed by atoms with Crippen LogP contribution < -0.4 is 42.7 Å². The summed E-state index contributed by atoms with van der Waals surface area (Å²) in [6, 6.07) is 0. The van der Waals surface area contributed by atoms with E-state index in [2.05, 4.69) is 55.9 Å². The maximum atomic E-state index is 13.3. The van der Waals surface area contributed by atoms with Gasteiger partial charge in [0.2, 0.25) is 11.8 Å². The number of nitrogens with two attached hydrogens (primary N) is 1. The molecule has 0 fully saturated rings. The Labute approximate surface area is 400 Å². The smallest absolute Gasteiger partial charge is 0.361 e. The molecule has 64 heavy (non-hydrogen) atoms. The van der Waals surface area contributed by atoms with Gasteiger partial charge in [-0.2, -0.15) is 18.7 Å². The van der Waals surface area contributed by atoms with Crippen LogP contribution in [0.3, 0.4) is 0 Å². The van der Waals surface area contributed by atoms with Crippen molar-refractivity contribution in [3.05, 3.63) is 0 Å². The Morgan fingerprint density at radius 3 is 1.12 bits per heavy atom. The Hall–Kier alpha value is -2.77. The van der Waals surface area contributed by atoms with Crippen molar-refractivity contribution in [2.75, 3.05) is 65.4 Å². The zero-order valence-electron chi connectivity index (χ0n) is 39.5. The van der Waals surface area contributed by atoms with E-state index in [1.54, 1.807) is 0 Å². The molecule has 0 bridgehead atoms. The fourth-order valence-corrected chi connectivity index (χ4v) is 7.44. The number of carbonyl (C=O) groups is 3. The number of unbranched alkanes of at least 4 members (excludes halogenated alkanes) is 22. The number of hydrogen-bond acceptors (Lipinski definition) is 7. The van der Waals surface area contributed by atoms with E-state index in [0.717, 1.165) is 44.3 Å². The van der Waals surface area contributed by atoms with Crippen molar-refractivity contribution >= 4 is 69.8 Å². The molecule has 9 N–H and O–H groups in total. The number of halogens is 3. The predicted octanol–water partition coefficient (Wildman–Crippen LogP) is 7.09. The lowest BCUT2D eigenvalue weighted by molar-refractivity contribution is -0.872. The highest BCUT2D eigenvalue weighted by molar-refractivity contribution is 7.80. The summed E-state index contributed by atoms with van der Waals surface area (Å²) in [4.78, 5) is 42.6. The Bertz CT molecular complexity index is 1200. The van der Waals surface area contributed by atoms with Crippen molar-refractivity contribution in [3.63, 3.8) is 0 Å². The lowest BCUT2D eigenvalue weighted by Gasteiger charge is -2.23. The van der Waals surface area contributed by atoms with Gasteiger partial charge in [0.1, 0.15) is 6.54 Å². The molecule has 0 aliphatic carbocycles. The molecule has 0 atom stereocenters. The largest absolute Gasteiger partial charge is 0.497 e. The number of hydroxylamine groups is 1. The SMILES string of the molecule is CCCCCCCCCCCCCCN(CCCCCCCCCCCCCC)C(=O)CCC(=O)NCCNC(=S)NCCNC(=S)NCCNC(=S)NCC[NH2+]OC(=O)C(F)(F)F. The molecule has 19 heteroatoms. The summed E-state index contributed by atoms with van der Waals surface area (Å²) >= 11 is 15.7. The molecule has 13 nitrogen and oxygen atoms in total. The number of hydrogen-bond donors (Lipinski definition) is 8. The molecule has 0 heterocycles. The molecule has 0 aromatic heterocycles. The lowest BCUT2D eigenvalue weighted by atomic mass is 10.0. The molecular formula is C45H87F3N9O4S3+. The van der Waals surface area contributed by atoms with E-state index in [9.17, 15) is 27.6 Å². The van der Waals surface area contributed by atoms with Crippen molar-refractivity contribution in [2.24, 2.45) is 0 Å². The van der Waals surface area contributed by atoms with E-state index in [-0.39, 0.29) is 37.7 Å². The summed E-state index contributed by atoms with van der Waals surface area (Å²) < 4.78 is 36.3. The highest BCUT2D eigenvalue weighted by Crippen LogP contribution is 2.16. The second-order valence-corrected chi connectivity index (χ2v) is 17.6. The Morgan fingerprint density at radius 1 is 0.469 bits per heavy atom. The minimum atomic E-state index is -5.03. The summed E-state index contributed by atoms with van der Waals surface area (Å²) in [7, 11) is 0. The van der Waals surface area contributed by atoms with Gasteiger partial charge in [-0.1, -0.05) is 155 Å². The van der Waals surface area contributed by atoms with E-state index in [1.807, 2.05) is 4.90 Å². The van der Waals surface area contributed by atoms with E-state index < -0.39 is 12.1 Å². The minimum absolute atomic E-state index is 0.0426. The van der Waals surface area contributed by atoms with Crippen molar-refractivity contribution in [1.82, 2.24) is 42.1 Å². The molecule has 0 saturated carbocycles. The number of alkyl halides is 3. The molecule has 374 valence electrons. The van der Waals surface area contributed by atoms with E-state index in [1.165, 1.54) is 128 Å². The summed E-state index contributed by atoms with van der Waals surface area (Å²) in [6.45, 7) is 9.00. The topological polar surface area (TPSA) is 164 Å². The molecule has 0 saturated heterocycles. The first-order valence-electron chi connectivity index (χ1n) is 24.6. The van der Waals surface area contributed by atoms with Crippen molar-refractivity contribution < 1.29 is 37.9 Å². The van der Waals surface area contributed by atoms with Gasteiger partial charge in [-0.3, -0.25) is 14.4 Å². The summed E-state index contributed by atoms with van der Waals surface area (Å²) in [6.07, 6.45) is 26.2. The van der Waals surface area contributed by atoms with Crippen molar-refractivity contribution in [1.29, 1.82) is 0 Å². The maximum Gasteiger partial charge on any atom is 0.497 e. The van der Waals surface area contributed by atoms with Crippen molar-refractivity contribution in [2.45, 2.75) is 187 Å². The number of amides is 2. The normalized spacial score (nSPS) is 11.1. The number of quaternary nitrogens is 1. The first-order valence-corrected chi connectivity index (χ1v) is 25.8. The van der Waals surface area contributed by atoms with Crippen LogP contribution in [-0.2, 0) is 19.2 Å². The third kappa shape index (κ3) is 41.9. The molecule has 0 aromatic carbocycles. The zero-order chi connectivity index (χ0) is 47.4. The van der Waals surface area contributed by atoms with Gasteiger partial charge in [0.25, 0.3) is 0 Å². The van der Waals surface area contributed by atoms with Crippen LogP contribution >= 0.6 is 36.7 Å². The molecule has 0 unspecified atom stereocenters. The van der Waals surface area contributed by atoms with Gasteiger partial charge in [0.15, 0.2) is 15.3 Å². The first kappa shape index (κ1) is 61.2. The highest BCUT2D eigenvalue weighted by atomic mass is 32.1. The maximum absolute atomic E-state index is 13.3. The number of carbonyl (C=O) groups excluding carboxylic acids is 3. The minimum Gasteiger partial charge on any atom is -0.361 e. The quantitative estimate of drug-likeness (QED) is 0.0178.